The lowest BCUT2D eigenvalue weighted by Gasteiger charge is -2.09. The lowest BCUT2D eigenvalue weighted by molar-refractivity contribution is 0.240. The third-order valence-corrected chi connectivity index (χ3v) is 3.15. The summed E-state index contributed by atoms with van der Waals surface area (Å²) < 4.78 is 13.6. The molecule has 22 heavy (non-hydrogen) atoms. The Balaban J connectivity index is 1.88. The minimum Gasteiger partial charge on any atom is -0.334 e. The van der Waals surface area contributed by atoms with Gasteiger partial charge in [0.15, 0.2) is 0 Å². The topological polar surface area (TPSA) is 77.8 Å². The normalized spacial score (nSPS) is 9.86. The quantitative estimate of drug-likeness (QED) is 0.909. The van der Waals surface area contributed by atoms with E-state index in [2.05, 4.69) is 15.6 Å². The zero-order valence-electron chi connectivity index (χ0n) is 12.1. The van der Waals surface area contributed by atoms with Crippen molar-refractivity contribution in [1.82, 2.24) is 15.6 Å². The molecule has 0 aliphatic rings. The molecule has 1 aromatic heterocycles. The highest BCUT2D eigenvalue weighted by molar-refractivity contribution is 5.73. The predicted octanol–water partition coefficient (Wildman–Crippen LogP) is 2.40. The number of hydrogen-bond acceptors (Lipinski definition) is 3. The minimum absolute atomic E-state index is 0.00832. The molecule has 2 amide bonds. The molecule has 0 saturated carbocycles. The highest BCUT2D eigenvalue weighted by Crippen LogP contribution is 2.09. The van der Waals surface area contributed by atoms with Crippen molar-refractivity contribution in [3.63, 3.8) is 0 Å². The third-order valence-electron chi connectivity index (χ3n) is 3.15. The molecule has 1 aromatic carbocycles. The van der Waals surface area contributed by atoms with Crippen LogP contribution in [0.4, 0.5) is 9.18 Å². The Bertz CT molecular complexity index is 724. The fourth-order valence-electron chi connectivity index (χ4n) is 1.89. The standard InChI is InChI=1S/C16H15FN4O/c1-11-3-2-6-19-15(11)10-21-16(22)20-9-13-7-12(8-18)4-5-14(13)17/h2-7H,9-10H2,1H3,(H2,20,21,22). The molecule has 0 saturated heterocycles. The molecule has 0 spiro atoms. The van der Waals surface area contributed by atoms with Crippen molar-refractivity contribution in [2.75, 3.05) is 0 Å². The Kier molecular flexibility index (Phi) is 5.04. The van der Waals surface area contributed by atoms with Gasteiger partial charge < -0.3 is 10.6 Å². The highest BCUT2D eigenvalue weighted by atomic mass is 19.1. The van der Waals surface area contributed by atoms with Crippen LogP contribution in [-0.4, -0.2) is 11.0 Å². The molecule has 2 N–H and O–H groups in total. The Morgan fingerprint density at radius 3 is 2.82 bits per heavy atom. The zero-order chi connectivity index (χ0) is 15.9. The molecular weight excluding hydrogens is 283 g/mol. The van der Waals surface area contributed by atoms with Gasteiger partial charge in [-0.05, 0) is 36.8 Å². The number of aryl methyl sites for hydroxylation is 1. The van der Waals surface area contributed by atoms with E-state index in [1.54, 1.807) is 6.20 Å². The molecule has 0 bridgehead atoms. The third kappa shape index (κ3) is 4.03. The number of nitrogens with one attached hydrogen (secondary N) is 2. The summed E-state index contributed by atoms with van der Waals surface area (Å²) in [5.41, 5.74) is 2.37. The number of pyridine rings is 1. The molecule has 2 aromatic rings. The fourth-order valence-corrected chi connectivity index (χ4v) is 1.89. The van der Waals surface area contributed by atoms with Gasteiger partial charge in [-0.15, -0.1) is 0 Å². The van der Waals surface area contributed by atoms with E-state index in [0.717, 1.165) is 11.3 Å². The number of benzene rings is 1. The maximum Gasteiger partial charge on any atom is 0.315 e. The van der Waals surface area contributed by atoms with E-state index in [9.17, 15) is 9.18 Å². The van der Waals surface area contributed by atoms with Gasteiger partial charge in [0.2, 0.25) is 0 Å². The Morgan fingerprint density at radius 2 is 2.09 bits per heavy atom. The molecule has 0 unspecified atom stereocenters. The monoisotopic (exact) mass is 298 g/mol. The summed E-state index contributed by atoms with van der Waals surface area (Å²) in [7, 11) is 0. The van der Waals surface area contributed by atoms with Crippen LogP contribution in [0.1, 0.15) is 22.4 Å². The lowest BCUT2D eigenvalue weighted by atomic mass is 10.1. The first-order chi connectivity index (χ1) is 10.6. The summed E-state index contributed by atoms with van der Waals surface area (Å²) >= 11 is 0. The summed E-state index contributed by atoms with van der Waals surface area (Å²) in [5, 5.41) is 14.0. The molecule has 5 nitrogen and oxygen atoms in total. The number of carbonyl (C=O) groups is 1. The van der Waals surface area contributed by atoms with Gasteiger partial charge in [-0.1, -0.05) is 6.07 Å². The number of carbonyl (C=O) groups excluding carboxylic acids is 1. The van der Waals surface area contributed by atoms with E-state index in [1.807, 2.05) is 25.1 Å². The van der Waals surface area contributed by atoms with Crippen LogP contribution < -0.4 is 10.6 Å². The highest BCUT2D eigenvalue weighted by Gasteiger charge is 2.07. The van der Waals surface area contributed by atoms with Crippen LogP contribution in [0.5, 0.6) is 0 Å². The average molecular weight is 298 g/mol. The van der Waals surface area contributed by atoms with Crippen molar-refractivity contribution in [2.24, 2.45) is 0 Å². The largest absolute Gasteiger partial charge is 0.334 e. The first-order valence-corrected chi connectivity index (χ1v) is 6.71. The van der Waals surface area contributed by atoms with E-state index in [1.165, 1.54) is 18.2 Å². The van der Waals surface area contributed by atoms with E-state index < -0.39 is 11.8 Å². The van der Waals surface area contributed by atoms with Gasteiger partial charge in [0.05, 0.1) is 23.9 Å². The summed E-state index contributed by atoms with van der Waals surface area (Å²) in [6.07, 6.45) is 1.66. The van der Waals surface area contributed by atoms with Gasteiger partial charge in [0, 0.05) is 18.3 Å². The summed E-state index contributed by atoms with van der Waals surface area (Å²) in [5.74, 6) is -0.458. The summed E-state index contributed by atoms with van der Waals surface area (Å²) in [4.78, 5) is 15.9. The van der Waals surface area contributed by atoms with Crippen LogP contribution in [0.25, 0.3) is 0 Å². The van der Waals surface area contributed by atoms with Crippen molar-refractivity contribution in [3.05, 3.63) is 64.7 Å². The molecule has 112 valence electrons. The molecule has 0 atom stereocenters. The van der Waals surface area contributed by atoms with Crippen molar-refractivity contribution in [1.29, 1.82) is 5.26 Å². The second kappa shape index (κ2) is 7.18. The van der Waals surface area contributed by atoms with Crippen LogP contribution in [0.15, 0.2) is 36.5 Å². The van der Waals surface area contributed by atoms with Gasteiger partial charge in [0.25, 0.3) is 0 Å². The second-order valence-electron chi connectivity index (χ2n) is 4.72. The smallest absolute Gasteiger partial charge is 0.315 e. The minimum atomic E-state index is -0.458. The summed E-state index contributed by atoms with van der Waals surface area (Å²) in [6.45, 7) is 2.21. The van der Waals surface area contributed by atoms with E-state index in [0.29, 0.717) is 12.1 Å². The molecule has 2 rings (SSSR count). The van der Waals surface area contributed by atoms with E-state index in [4.69, 9.17) is 5.26 Å². The van der Waals surface area contributed by atoms with Gasteiger partial charge in [-0.2, -0.15) is 5.26 Å². The van der Waals surface area contributed by atoms with E-state index >= 15 is 0 Å². The van der Waals surface area contributed by atoms with Crippen LogP contribution in [-0.2, 0) is 13.1 Å². The van der Waals surface area contributed by atoms with Crippen molar-refractivity contribution < 1.29 is 9.18 Å². The Hall–Kier alpha value is -2.94. The average Bonchev–Trinajstić information content (AvgIpc) is 2.53. The molecule has 6 heteroatoms. The maximum atomic E-state index is 13.6. The first kappa shape index (κ1) is 15.4. The summed E-state index contributed by atoms with van der Waals surface area (Å²) in [6, 6.07) is 9.26. The number of urea groups is 1. The number of hydrogen-bond donors (Lipinski definition) is 2. The van der Waals surface area contributed by atoms with Crippen molar-refractivity contribution in [2.45, 2.75) is 20.0 Å². The van der Waals surface area contributed by atoms with Crippen LogP contribution in [0.2, 0.25) is 0 Å². The fraction of sp³-hybridized carbons (Fsp3) is 0.188. The molecule has 0 fully saturated rings. The van der Waals surface area contributed by atoms with Gasteiger partial charge in [-0.25, -0.2) is 9.18 Å². The van der Waals surface area contributed by atoms with Crippen LogP contribution in [0, 0.1) is 24.1 Å². The number of aromatic nitrogens is 1. The lowest BCUT2D eigenvalue weighted by Crippen LogP contribution is -2.35. The first-order valence-electron chi connectivity index (χ1n) is 6.71. The van der Waals surface area contributed by atoms with Crippen molar-refractivity contribution >= 4 is 6.03 Å². The van der Waals surface area contributed by atoms with E-state index in [-0.39, 0.29) is 12.1 Å². The number of nitriles is 1. The van der Waals surface area contributed by atoms with Crippen LogP contribution >= 0.6 is 0 Å². The van der Waals surface area contributed by atoms with Gasteiger partial charge >= 0.3 is 6.03 Å². The van der Waals surface area contributed by atoms with Gasteiger partial charge in [0.1, 0.15) is 5.82 Å². The maximum absolute atomic E-state index is 13.6. The Labute approximate surface area is 127 Å². The number of nitrogens with zero attached hydrogens (tertiary/aromatic N) is 2. The molecule has 0 aliphatic heterocycles. The predicted molar refractivity (Wildman–Crippen MR) is 79.2 cm³/mol. The van der Waals surface area contributed by atoms with Gasteiger partial charge in [-0.3, -0.25) is 4.98 Å². The SMILES string of the molecule is Cc1cccnc1CNC(=O)NCc1cc(C#N)ccc1F. The zero-order valence-corrected chi connectivity index (χ0v) is 12.1. The van der Waals surface area contributed by atoms with Crippen molar-refractivity contribution in [3.8, 4) is 6.07 Å². The number of amides is 2. The molecule has 0 radical (unpaired) electrons. The second-order valence-corrected chi connectivity index (χ2v) is 4.72. The molecule has 0 aliphatic carbocycles. The van der Waals surface area contributed by atoms with Crippen LogP contribution in [0.3, 0.4) is 0 Å². The Morgan fingerprint density at radius 1 is 1.32 bits per heavy atom. The molecule has 1 heterocycles. The molecular formula is C16H15FN4O. The number of rotatable bonds is 4. The number of halogens is 1.